The molecule has 0 fully saturated rings. The molecule has 2 atom stereocenters. The Hall–Kier alpha value is -3.26. The first-order valence-electron chi connectivity index (χ1n) is 10.7. The molecule has 1 aliphatic rings. The number of benzene rings is 3. The van der Waals surface area contributed by atoms with Gasteiger partial charge in [-0.15, -0.1) is 0 Å². The van der Waals surface area contributed by atoms with Gasteiger partial charge in [0.15, 0.2) is 0 Å². The lowest BCUT2D eigenvalue weighted by Gasteiger charge is -2.23. The highest BCUT2D eigenvalue weighted by atomic mass is 19.1. The van der Waals surface area contributed by atoms with Crippen LogP contribution in [0.4, 0.5) is 8.78 Å². The van der Waals surface area contributed by atoms with Gasteiger partial charge >= 0.3 is 0 Å². The van der Waals surface area contributed by atoms with Crippen molar-refractivity contribution in [3.05, 3.63) is 144 Å². The zero-order chi connectivity index (χ0) is 21.7. The van der Waals surface area contributed by atoms with E-state index in [1.165, 1.54) is 17.7 Å². The summed E-state index contributed by atoms with van der Waals surface area (Å²) in [6, 6.07) is 25.6. The van der Waals surface area contributed by atoms with Gasteiger partial charge in [0.2, 0.25) is 0 Å². The van der Waals surface area contributed by atoms with Gasteiger partial charge in [-0.2, -0.15) is 0 Å². The van der Waals surface area contributed by atoms with Crippen LogP contribution in [0, 0.1) is 17.6 Å². The van der Waals surface area contributed by atoms with E-state index in [0.29, 0.717) is 5.92 Å². The largest absolute Gasteiger partial charge is 0.207 e. The molecule has 31 heavy (non-hydrogen) atoms. The average Bonchev–Trinajstić information content (AvgIpc) is 2.82. The van der Waals surface area contributed by atoms with Crippen molar-refractivity contribution in [2.75, 3.05) is 0 Å². The highest BCUT2D eigenvalue weighted by Gasteiger charge is 2.21. The minimum Gasteiger partial charge on any atom is -0.207 e. The van der Waals surface area contributed by atoms with E-state index in [-0.39, 0.29) is 17.6 Å². The third-order valence-corrected chi connectivity index (χ3v) is 5.26. The van der Waals surface area contributed by atoms with Crippen LogP contribution in [0.3, 0.4) is 0 Å². The van der Waals surface area contributed by atoms with E-state index in [0.717, 1.165) is 24.8 Å². The van der Waals surface area contributed by atoms with Crippen LogP contribution in [0.5, 0.6) is 0 Å². The Morgan fingerprint density at radius 1 is 0.806 bits per heavy atom. The van der Waals surface area contributed by atoms with Gasteiger partial charge in [0.05, 0.1) is 0 Å². The van der Waals surface area contributed by atoms with E-state index in [9.17, 15) is 8.78 Å². The van der Waals surface area contributed by atoms with Crippen molar-refractivity contribution in [2.45, 2.75) is 25.2 Å². The Morgan fingerprint density at radius 2 is 1.48 bits per heavy atom. The summed E-state index contributed by atoms with van der Waals surface area (Å²) in [5.74, 6) is 0.115. The fourth-order valence-electron chi connectivity index (χ4n) is 3.64. The van der Waals surface area contributed by atoms with E-state index in [2.05, 4.69) is 60.7 Å². The van der Waals surface area contributed by atoms with Crippen molar-refractivity contribution >= 4 is 0 Å². The third-order valence-electron chi connectivity index (χ3n) is 5.26. The first-order chi connectivity index (χ1) is 15.2. The van der Waals surface area contributed by atoms with E-state index in [1.807, 2.05) is 18.2 Å². The van der Waals surface area contributed by atoms with Gasteiger partial charge in [-0.05, 0) is 54.5 Å². The van der Waals surface area contributed by atoms with E-state index in [4.69, 9.17) is 0 Å². The van der Waals surface area contributed by atoms with E-state index in [1.54, 1.807) is 30.3 Å². The quantitative estimate of drug-likeness (QED) is 0.358. The molecule has 0 amide bonds. The molecule has 0 bridgehead atoms. The molecule has 3 aromatic carbocycles. The molecule has 0 saturated heterocycles. The van der Waals surface area contributed by atoms with Crippen LogP contribution >= 0.6 is 0 Å². The number of halogens is 2. The number of hydrogen-bond donors (Lipinski definition) is 0. The second kappa shape index (κ2) is 12.4. The summed E-state index contributed by atoms with van der Waals surface area (Å²) in [5, 5.41) is 0. The van der Waals surface area contributed by atoms with Crippen LogP contribution in [0.25, 0.3) is 0 Å². The maximum atomic E-state index is 14.3. The summed E-state index contributed by atoms with van der Waals surface area (Å²) < 4.78 is 26.2. The zero-order valence-corrected chi connectivity index (χ0v) is 17.6. The van der Waals surface area contributed by atoms with Gasteiger partial charge in [-0.1, -0.05) is 103 Å². The molecular formula is C29H28F2. The normalized spacial score (nSPS) is 16.0. The van der Waals surface area contributed by atoms with Gasteiger partial charge in [0, 0.05) is 5.92 Å². The Kier molecular flexibility index (Phi) is 9.00. The van der Waals surface area contributed by atoms with Crippen molar-refractivity contribution in [1.82, 2.24) is 0 Å². The number of aryl methyl sites for hydroxylation is 1. The van der Waals surface area contributed by atoms with Crippen LogP contribution in [0.1, 0.15) is 29.9 Å². The van der Waals surface area contributed by atoms with Crippen LogP contribution in [0.2, 0.25) is 0 Å². The highest BCUT2D eigenvalue weighted by molar-refractivity contribution is 5.30. The molecule has 0 spiro atoms. The maximum Gasteiger partial charge on any atom is 0.127 e. The smallest absolute Gasteiger partial charge is 0.127 e. The Bertz CT molecular complexity index is 988. The van der Waals surface area contributed by atoms with Gasteiger partial charge in [0.1, 0.15) is 11.6 Å². The maximum absolute atomic E-state index is 14.3. The van der Waals surface area contributed by atoms with Gasteiger partial charge in [-0.25, -0.2) is 8.78 Å². The third kappa shape index (κ3) is 7.49. The lowest BCUT2D eigenvalue weighted by Crippen LogP contribution is -2.11. The first-order valence-corrected chi connectivity index (χ1v) is 10.7. The predicted molar refractivity (Wildman–Crippen MR) is 126 cm³/mol. The molecule has 0 heterocycles. The summed E-state index contributed by atoms with van der Waals surface area (Å²) in [7, 11) is 0. The Labute approximate surface area is 184 Å². The van der Waals surface area contributed by atoms with Crippen LogP contribution in [-0.2, 0) is 6.42 Å². The lowest BCUT2D eigenvalue weighted by molar-refractivity contribution is 0.539. The van der Waals surface area contributed by atoms with Gasteiger partial charge in [0.25, 0.3) is 0 Å². The second-order valence-electron chi connectivity index (χ2n) is 7.51. The van der Waals surface area contributed by atoms with Crippen molar-refractivity contribution in [3.8, 4) is 0 Å². The molecule has 0 radical (unpaired) electrons. The molecule has 158 valence electrons. The van der Waals surface area contributed by atoms with Crippen molar-refractivity contribution in [3.63, 3.8) is 0 Å². The molecule has 1 aliphatic carbocycles. The topological polar surface area (TPSA) is 0 Å². The minimum absolute atomic E-state index is 0.0863. The molecule has 3 aromatic rings. The van der Waals surface area contributed by atoms with Crippen LogP contribution in [-0.4, -0.2) is 0 Å². The monoisotopic (exact) mass is 414 g/mol. The number of hydrogen-bond acceptors (Lipinski definition) is 0. The summed E-state index contributed by atoms with van der Waals surface area (Å²) in [6.07, 6.45) is 15.8. The molecule has 2 heteroatoms. The molecule has 2 unspecified atom stereocenters. The van der Waals surface area contributed by atoms with Crippen LogP contribution in [0.15, 0.2) is 121 Å². The number of allylic oxidation sites excluding steroid dienone is 6. The summed E-state index contributed by atoms with van der Waals surface area (Å²) >= 11 is 0. The fraction of sp³-hybridized carbons (Fsp3) is 0.172. The van der Waals surface area contributed by atoms with Gasteiger partial charge in [-0.3, -0.25) is 0 Å². The Balaban J connectivity index is 0.000000330. The van der Waals surface area contributed by atoms with Crippen molar-refractivity contribution < 1.29 is 8.78 Å². The SMILES string of the molecule is Fc1ccccc1.Fc1ccccc1C(C=CCCc1ccccc1)C1C=CC=CC1. The minimum atomic E-state index is -0.178. The number of rotatable bonds is 6. The fourth-order valence-corrected chi connectivity index (χ4v) is 3.64. The second-order valence-corrected chi connectivity index (χ2v) is 7.51. The average molecular weight is 415 g/mol. The summed E-state index contributed by atoms with van der Waals surface area (Å²) in [5.41, 5.74) is 2.13. The summed E-state index contributed by atoms with van der Waals surface area (Å²) in [6.45, 7) is 0. The van der Waals surface area contributed by atoms with Crippen molar-refractivity contribution in [2.24, 2.45) is 5.92 Å². The van der Waals surface area contributed by atoms with E-state index < -0.39 is 0 Å². The van der Waals surface area contributed by atoms with Gasteiger partial charge < -0.3 is 0 Å². The molecule has 0 nitrogen and oxygen atoms in total. The first kappa shape index (κ1) is 22.4. The molecular weight excluding hydrogens is 386 g/mol. The molecule has 0 aromatic heterocycles. The van der Waals surface area contributed by atoms with Crippen LogP contribution < -0.4 is 0 Å². The zero-order valence-electron chi connectivity index (χ0n) is 17.6. The molecule has 0 aliphatic heterocycles. The standard InChI is InChI=1S/C23H23F.C6H5F/c24-23-18-10-9-17-22(23)21(20-14-5-2-6-15-20)16-8-7-13-19-11-3-1-4-12-19;7-6-4-2-1-3-5-6/h1-6,8-12,14,16-18,20-21H,7,13,15H2;1-5H. The van der Waals surface area contributed by atoms with E-state index >= 15 is 0 Å². The highest BCUT2D eigenvalue weighted by Crippen LogP contribution is 2.33. The summed E-state index contributed by atoms with van der Waals surface area (Å²) in [4.78, 5) is 0. The predicted octanol–water partition coefficient (Wildman–Crippen LogP) is 8.06. The lowest BCUT2D eigenvalue weighted by atomic mass is 9.81. The molecule has 4 rings (SSSR count). The molecule has 0 N–H and O–H groups in total. The van der Waals surface area contributed by atoms with Crippen molar-refractivity contribution in [1.29, 1.82) is 0 Å². The Morgan fingerprint density at radius 3 is 2.10 bits per heavy atom. The molecule has 0 saturated carbocycles.